The van der Waals surface area contributed by atoms with Gasteiger partial charge in [-0.1, -0.05) is 12.1 Å². The molecule has 1 aromatic rings. The zero-order chi connectivity index (χ0) is 15.4. The van der Waals surface area contributed by atoms with Crippen LogP contribution in [0, 0.1) is 10.1 Å². The van der Waals surface area contributed by atoms with E-state index in [1.807, 2.05) is 24.8 Å². The lowest BCUT2D eigenvalue weighted by Gasteiger charge is -2.25. The van der Waals surface area contributed by atoms with Crippen molar-refractivity contribution in [2.75, 3.05) is 13.1 Å². The van der Waals surface area contributed by atoms with Crippen molar-refractivity contribution in [2.45, 2.75) is 38.8 Å². The molecule has 1 aliphatic rings. The van der Waals surface area contributed by atoms with Crippen LogP contribution in [0.1, 0.15) is 38.3 Å². The van der Waals surface area contributed by atoms with E-state index in [4.69, 9.17) is 0 Å². The van der Waals surface area contributed by atoms with Gasteiger partial charge in [-0.2, -0.15) is 0 Å². The highest BCUT2D eigenvalue weighted by atomic mass is 16.6. The molecular weight excluding hydrogens is 270 g/mol. The number of benzene rings is 1. The molecule has 0 saturated carbocycles. The fourth-order valence-electron chi connectivity index (χ4n) is 2.71. The van der Waals surface area contributed by atoms with Gasteiger partial charge in [0.2, 0.25) is 5.91 Å². The van der Waals surface area contributed by atoms with Gasteiger partial charge in [-0.25, -0.2) is 0 Å². The highest BCUT2D eigenvalue weighted by Gasteiger charge is 2.22. The number of carbonyl (C=O) groups excluding carboxylic acids is 1. The van der Waals surface area contributed by atoms with Crippen molar-refractivity contribution < 1.29 is 9.72 Å². The van der Waals surface area contributed by atoms with Gasteiger partial charge >= 0.3 is 0 Å². The first kappa shape index (κ1) is 15.4. The Hall–Kier alpha value is -1.95. The summed E-state index contributed by atoms with van der Waals surface area (Å²) in [4.78, 5) is 23.9. The fraction of sp³-hybridized carbons (Fsp3) is 0.533. The van der Waals surface area contributed by atoms with Gasteiger partial charge in [0.05, 0.1) is 4.92 Å². The summed E-state index contributed by atoms with van der Waals surface area (Å²) in [6.07, 6.45) is 1.58. The number of hydrogen-bond acceptors (Lipinski definition) is 4. The van der Waals surface area contributed by atoms with E-state index < -0.39 is 0 Å². The molecule has 114 valence electrons. The molecule has 1 amide bonds. The number of non-ortho nitro benzene ring substituents is 1. The minimum absolute atomic E-state index is 0.00222. The third kappa shape index (κ3) is 4.01. The lowest BCUT2D eigenvalue weighted by atomic mass is 10.1. The summed E-state index contributed by atoms with van der Waals surface area (Å²) in [5, 5.41) is 14.2. The van der Waals surface area contributed by atoms with E-state index in [0.29, 0.717) is 13.0 Å². The number of likely N-dealkylation sites (tertiary alicyclic amines) is 1. The first-order chi connectivity index (χ1) is 9.97. The van der Waals surface area contributed by atoms with E-state index >= 15 is 0 Å². The van der Waals surface area contributed by atoms with E-state index in [-0.39, 0.29) is 28.6 Å². The zero-order valence-electron chi connectivity index (χ0n) is 12.4. The summed E-state index contributed by atoms with van der Waals surface area (Å²) in [6, 6.07) is 6.78. The van der Waals surface area contributed by atoms with Crippen LogP contribution in [-0.2, 0) is 4.79 Å². The van der Waals surface area contributed by atoms with Crippen molar-refractivity contribution in [3.63, 3.8) is 0 Å². The number of nitro benzene ring substituents is 1. The largest absolute Gasteiger partial charge is 0.341 e. The molecule has 1 aromatic carbocycles. The van der Waals surface area contributed by atoms with Crippen LogP contribution in [0.4, 0.5) is 5.69 Å². The molecule has 2 rings (SSSR count). The van der Waals surface area contributed by atoms with E-state index in [1.54, 1.807) is 12.1 Å². The second kappa shape index (κ2) is 6.67. The van der Waals surface area contributed by atoms with Gasteiger partial charge in [-0.3, -0.25) is 14.9 Å². The Morgan fingerprint density at radius 3 is 2.81 bits per heavy atom. The second-order valence-corrected chi connectivity index (χ2v) is 5.58. The molecule has 0 aliphatic carbocycles. The Bertz CT molecular complexity index is 533. The number of nitro groups is 1. The van der Waals surface area contributed by atoms with Crippen molar-refractivity contribution in [2.24, 2.45) is 0 Å². The van der Waals surface area contributed by atoms with Crippen LogP contribution in [-0.4, -0.2) is 34.9 Å². The molecule has 1 saturated heterocycles. The lowest BCUT2D eigenvalue weighted by Crippen LogP contribution is -2.40. The first-order valence-electron chi connectivity index (χ1n) is 7.25. The minimum Gasteiger partial charge on any atom is -0.341 e. The highest BCUT2D eigenvalue weighted by molar-refractivity contribution is 5.78. The average Bonchev–Trinajstić information content (AvgIpc) is 2.84. The molecule has 1 aliphatic heterocycles. The van der Waals surface area contributed by atoms with Crippen LogP contribution in [0.25, 0.3) is 0 Å². The maximum absolute atomic E-state index is 11.6. The van der Waals surface area contributed by atoms with Gasteiger partial charge in [0.25, 0.3) is 5.69 Å². The van der Waals surface area contributed by atoms with Crippen LogP contribution in [0.2, 0.25) is 0 Å². The van der Waals surface area contributed by atoms with Gasteiger partial charge in [0, 0.05) is 43.7 Å². The predicted molar refractivity (Wildman–Crippen MR) is 79.9 cm³/mol. The molecule has 0 aromatic heterocycles. The molecule has 2 unspecified atom stereocenters. The number of hydrogen-bond donors (Lipinski definition) is 1. The Morgan fingerprint density at radius 2 is 2.19 bits per heavy atom. The van der Waals surface area contributed by atoms with Gasteiger partial charge in [-0.05, 0) is 25.8 Å². The van der Waals surface area contributed by atoms with Gasteiger partial charge in [0.15, 0.2) is 0 Å². The van der Waals surface area contributed by atoms with Crippen LogP contribution in [0.5, 0.6) is 0 Å². The van der Waals surface area contributed by atoms with Crippen molar-refractivity contribution in [3.8, 4) is 0 Å². The molecule has 1 heterocycles. The third-order valence-electron chi connectivity index (χ3n) is 3.78. The molecule has 2 atom stereocenters. The first-order valence-corrected chi connectivity index (χ1v) is 7.25. The maximum atomic E-state index is 11.6. The highest BCUT2D eigenvalue weighted by Crippen LogP contribution is 2.19. The van der Waals surface area contributed by atoms with E-state index in [9.17, 15) is 14.9 Å². The number of nitrogens with one attached hydrogen (secondary N) is 1. The number of carbonyl (C=O) groups is 1. The molecular formula is C15H21N3O3. The minimum atomic E-state index is -0.386. The number of nitrogens with zero attached hydrogens (tertiary/aromatic N) is 2. The Labute approximate surface area is 124 Å². The van der Waals surface area contributed by atoms with E-state index in [0.717, 1.165) is 18.5 Å². The van der Waals surface area contributed by atoms with Crippen molar-refractivity contribution in [3.05, 3.63) is 39.9 Å². The summed E-state index contributed by atoms with van der Waals surface area (Å²) in [7, 11) is 0. The van der Waals surface area contributed by atoms with E-state index in [1.165, 1.54) is 6.07 Å². The molecule has 0 radical (unpaired) electrons. The van der Waals surface area contributed by atoms with Crippen LogP contribution in [0.3, 0.4) is 0 Å². The summed E-state index contributed by atoms with van der Waals surface area (Å²) < 4.78 is 0. The number of rotatable bonds is 6. The molecule has 6 heteroatoms. The average molecular weight is 291 g/mol. The Kier molecular flexibility index (Phi) is 4.90. The van der Waals surface area contributed by atoms with Crippen LogP contribution >= 0.6 is 0 Å². The molecule has 0 spiro atoms. The topological polar surface area (TPSA) is 75.5 Å². The standard InChI is InChI=1S/C15H21N3O3/c1-11(10-17-8-4-7-15(17)19)16-12(2)13-5-3-6-14(9-13)18(20)21/h3,5-6,9,11-12,16H,4,7-8,10H2,1-2H3. The summed E-state index contributed by atoms with van der Waals surface area (Å²) in [5.74, 6) is 0.214. The van der Waals surface area contributed by atoms with E-state index in [2.05, 4.69) is 5.32 Å². The third-order valence-corrected chi connectivity index (χ3v) is 3.78. The second-order valence-electron chi connectivity index (χ2n) is 5.58. The summed E-state index contributed by atoms with van der Waals surface area (Å²) >= 11 is 0. The molecule has 21 heavy (non-hydrogen) atoms. The molecule has 1 N–H and O–H groups in total. The normalized spacial score (nSPS) is 17.8. The van der Waals surface area contributed by atoms with Crippen molar-refractivity contribution in [1.82, 2.24) is 10.2 Å². The predicted octanol–water partition coefficient (Wildman–Crippen LogP) is 2.26. The molecule has 0 bridgehead atoms. The maximum Gasteiger partial charge on any atom is 0.269 e. The van der Waals surface area contributed by atoms with Gasteiger partial charge in [-0.15, -0.1) is 0 Å². The fourth-order valence-corrected chi connectivity index (χ4v) is 2.71. The SMILES string of the molecule is CC(CN1CCCC1=O)NC(C)c1cccc([N+](=O)[O-])c1. The van der Waals surface area contributed by atoms with Crippen molar-refractivity contribution >= 4 is 11.6 Å². The summed E-state index contributed by atoms with van der Waals surface area (Å²) in [6.45, 7) is 5.51. The molecule has 6 nitrogen and oxygen atoms in total. The van der Waals surface area contributed by atoms with Crippen LogP contribution < -0.4 is 5.32 Å². The van der Waals surface area contributed by atoms with Gasteiger partial charge < -0.3 is 10.2 Å². The monoisotopic (exact) mass is 291 g/mol. The Morgan fingerprint density at radius 1 is 1.43 bits per heavy atom. The zero-order valence-corrected chi connectivity index (χ0v) is 12.4. The van der Waals surface area contributed by atoms with Crippen LogP contribution in [0.15, 0.2) is 24.3 Å². The van der Waals surface area contributed by atoms with Crippen molar-refractivity contribution in [1.29, 1.82) is 0 Å². The Balaban J connectivity index is 1.94. The van der Waals surface area contributed by atoms with Gasteiger partial charge in [0.1, 0.15) is 0 Å². The lowest BCUT2D eigenvalue weighted by molar-refractivity contribution is -0.384. The summed E-state index contributed by atoms with van der Waals surface area (Å²) in [5.41, 5.74) is 0.979. The molecule has 1 fully saturated rings. The number of amides is 1. The quantitative estimate of drug-likeness (QED) is 0.644. The smallest absolute Gasteiger partial charge is 0.269 e.